The lowest BCUT2D eigenvalue weighted by Gasteiger charge is -2.11. The second-order valence-corrected chi connectivity index (χ2v) is 3.77. The molecule has 1 aromatic rings. The zero-order valence-electron chi connectivity index (χ0n) is 10.2. The van der Waals surface area contributed by atoms with Crippen molar-refractivity contribution in [2.75, 3.05) is 39.3 Å². The van der Waals surface area contributed by atoms with Gasteiger partial charge in [-0.2, -0.15) is 0 Å². The monoisotopic (exact) mass is 224 g/mol. The zero-order valence-corrected chi connectivity index (χ0v) is 10.2. The van der Waals surface area contributed by atoms with E-state index in [0.29, 0.717) is 0 Å². The van der Waals surface area contributed by atoms with Crippen molar-refractivity contribution in [1.29, 1.82) is 0 Å². The van der Waals surface area contributed by atoms with Crippen molar-refractivity contribution < 1.29 is 4.74 Å². The third kappa shape index (κ3) is 4.55. The van der Waals surface area contributed by atoms with Crippen LogP contribution in [-0.4, -0.2) is 44.3 Å². The first kappa shape index (κ1) is 12.9. The van der Waals surface area contributed by atoms with E-state index in [2.05, 4.69) is 15.3 Å². The Labute approximate surface area is 96.8 Å². The number of nitrogens with zero attached hydrogens (tertiary/aromatic N) is 3. The van der Waals surface area contributed by atoms with Crippen LogP contribution >= 0.6 is 0 Å². The highest BCUT2D eigenvalue weighted by molar-refractivity contribution is 5.26. The molecule has 1 rings (SSSR count). The molecular formula is C11H20N4O. The van der Waals surface area contributed by atoms with Gasteiger partial charge in [-0.1, -0.05) is 0 Å². The van der Waals surface area contributed by atoms with Crippen molar-refractivity contribution in [3.63, 3.8) is 0 Å². The van der Waals surface area contributed by atoms with Crippen molar-refractivity contribution in [3.05, 3.63) is 18.0 Å². The van der Waals surface area contributed by atoms with Gasteiger partial charge in [0.05, 0.1) is 5.69 Å². The van der Waals surface area contributed by atoms with Gasteiger partial charge in [0.15, 0.2) is 0 Å². The molecule has 0 saturated heterocycles. The van der Waals surface area contributed by atoms with Crippen molar-refractivity contribution in [1.82, 2.24) is 15.3 Å². The van der Waals surface area contributed by atoms with Crippen LogP contribution in [0.3, 0.4) is 0 Å². The molecule has 0 aliphatic carbocycles. The average Bonchev–Trinajstić information content (AvgIpc) is 2.29. The quantitative estimate of drug-likeness (QED) is 0.690. The largest absolute Gasteiger partial charge is 0.385 e. The lowest BCUT2D eigenvalue weighted by atomic mass is 10.4. The van der Waals surface area contributed by atoms with Crippen LogP contribution in [0, 0.1) is 0 Å². The summed E-state index contributed by atoms with van der Waals surface area (Å²) in [5, 5.41) is 3.31. The molecule has 0 amide bonds. The van der Waals surface area contributed by atoms with Gasteiger partial charge < -0.3 is 15.0 Å². The lowest BCUT2D eigenvalue weighted by molar-refractivity contribution is 0.194. The van der Waals surface area contributed by atoms with Gasteiger partial charge in [-0.15, -0.1) is 0 Å². The maximum Gasteiger partial charge on any atom is 0.225 e. The van der Waals surface area contributed by atoms with Crippen LogP contribution in [0.15, 0.2) is 12.3 Å². The number of anilines is 1. The van der Waals surface area contributed by atoms with Crippen LogP contribution < -0.4 is 10.2 Å². The summed E-state index contributed by atoms with van der Waals surface area (Å²) in [6, 6.07) is 1.93. The molecule has 0 atom stereocenters. The molecule has 1 heterocycles. The van der Waals surface area contributed by atoms with Gasteiger partial charge in [0.2, 0.25) is 5.95 Å². The molecule has 0 fully saturated rings. The molecule has 1 N–H and O–H groups in total. The highest BCUT2D eigenvalue weighted by Crippen LogP contribution is 2.02. The Balaban J connectivity index is 2.33. The van der Waals surface area contributed by atoms with Crippen molar-refractivity contribution in [2.45, 2.75) is 13.0 Å². The fourth-order valence-corrected chi connectivity index (χ4v) is 1.26. The van der Waals surface area contributed by atoms with Crippen molar-refractivity contribution in [2.24, 2.45) is 0 Å². The summed E-state index contributed by atoms with van der Waals surface area (Å²) in [6.45, 7) is 2.50. The third-order valence-corrected chi connectivity index (χ3v) is 2.11. The summed E-state index contributed by atoms with van der Waals surface area (Å²) in [5.74, 6) is 0.746. The molecule has 0 aromatic carbocycles. The molecule has 5 heteroatoms. The van der Waals surface area contributed by atoms with Gasteiger partial charge in [-0.25, -0.2) is 9.97 Å². The fourth-order valence-electron chi connectivity index (χ4n) is 1.26. The standard InChI is InChI=1S/C11H20N4O/c1-15(2)11-13-7-5-10(14-11)9-12-6-4-8-16-3/h5,7,12H,4,6,8-9H2,1-3H3. The molecule has 0 bridgehead atoms. The normalized spacial score (nSPS) is 10.4. The number of aromatic nitrogens is 2. The van der Waals surface area contributed by atoms with E-state index < -0.39 is 0 Å². The van der Waals surface area contributed by atoms with E-state index in [1.54, 1.807) is 13.3 Å². The van der Waals surface area contributed by atoms with E-state index in [9.17, 15) is 0 Å². The summed E-state index contributed by atoms with van der Waals surface area (Å²) in [7, 11) is 5.59. The molecule has 0 spiro atoms. The van der Waals surface area contributed by atoms with Gasteiger partial charge in [0.1, 0.15) is 0 Å². The minimum absolute atomic E-state index is 0.746. The molecule has 16 heavy (non-hydrogen) atoms. The van der Waals surface area contributed by atoms with E-state index in [4.69, 9.17) is 4.74 Å². The van der Waals surface area contributed by atoms with Crippen LogP contribution in [0.25, 0.3) is 0 Å². The highest BCUT2D eigenvalue weighted by Gasteiger charge is 2.00. The first-order valence-corrected chi connectivity index (χ1v) is 5.43. The Morgan fingerprint density at radius 3 is 2.94 bits per heavy atom. The fraction of sp³-hybridized carbons (Fsp3) is 0.636. The second-order valence-electron chi connectivity index (χ2n) is 3.77. The maximum atomic E-state index is 4.97. The van der Waals surface area contributed by atoms with Crippen LogP contribution in [-0.2, 0) is 11.3 Å². The first-order chi connectivity index (χ1) is 7.74. The summed E-state index contributed by atoms with van der Waals surface area (Å²) in [4.78, 5) is 10.5. The predicted octanol–water partition coefficient (Wildman–Crippen LogP) is 0.669. The number of rotatable bonds is 7. The smallest absolute Gasteiger partial charge is 0.225 e. The number of nitrogens with one attached hydrogen (secondary N) is 1. The minimum atomic E-state index is 0.746. The molecular weight excluding hydrogens is 204 g/mol. The van der Waals surface area contributed by atoms with E-state index in [1.165, 1.54) is 0 Å². The number of hydrogen-bond donors (Lipinski definition) is 1. The maximum absolute atomic E-state index is 4.97. The Kier molecular flexibility index (Phi) is 5.74. The van der Waals surface area contributed by atoms with Crippen LogP contribution in [0.2, 0.25) is 0 Å². The molecule has 1 aromatic heterocycles. The molecule has 90 valence electrons. The first-order valence-electron chi connectivity index (χ1n) is 5.43. The summed E-state index contributed by atoms with van der Waals surface area (Å²) in [6.07, 6.45) is 2.80. The van der Waals surface area contributed by atoms with E-state index in [1.807, 2.05) is 25.1 Å². The van der Waals surface area contributed by atoms with Gasteiger partial charge >= 0.3 is 0 Å². The van der Waals surface area contributed by atoms with Gasteiger partial charge in [0, 0.05) is 40.6 Å². The predicted molar refractivity (Wildman–Crippen MR) is 64.6 cm³/mol. The number of hydrogen-bond acceptors (Lipinski definition) is 5. The Hall–Kier alpha value is -1.20. The molecule has 0 radical (unpaired) electrons. The molecule has 0 saturated carbocycles. The molecule has 0 aliphatic heterocycles. The van der Waals surface area contributed by atoms with Crippen molar-refractivity contribution in [3.8, 4) is 0 Å². The Morgan fingerprint density at radius 1 is 1.44 bits per heavy atom. The zero-order chi connectivity index (χ0) is 11.8. The van der Waals surface area contributed by atoms with Crippen LogP contribution in [0.4, 0.5) is 5.95 Å². The topological polar surface area (TPSA) is 50.3 Å². The minimum Gasteiger partial charge on any atom is -0.385 e. The van der Waals surface area contributed by atoms with Crippen LogP contribution in [0.1, 0.15) is 12.1 Å². The van der Waals surface area contributed by atoms with E-state index >= 15 is 0 Å². The van der Waals surface area contributed by atoms with Crippen molar-refractivity contribution >= 4 is 5.95 Å². The van der Waals surface area contributed by atoms with E-state index in [0.717, 1.165) is 37.8 Å². The highest BCUT2D eigenvalue weighted by atomic mass is 16.5. The summed E-state index contributed by atoms with van der Waals surface area (Å²) < 4.78 is 4.97. The third-order valence-electron chi connectivity index (χ3n) is 2.11. The van der Waals surface area contributed by atoms with Gasteiger partial charge in [0.25, 0.3) is 0 Å². The summed E-state index contributed by atoms with van der Waals surface area (Å²) in [5.41, 5.74) is 1.01. The molecule has 0 unspecified atom stereocenters. The SMILES string of the molecule is COCCCNCc1ccnc(N(C)C)n1. The summed E-state index contributed by atoms with van der Waals surface area (Å²) >= 11 is 0. The van der Waals surface area contributed by atoms with E-state index in [-0.39, 0.29) is 0 Å². The molecule has 0 aliphatic rings. The number of methoxy groups -OCH3 is 1. The van der Waals surface area contributed by atoms with Gasteiger partial charge in [-0.05, 0) is 19.0 Å². The molecule has 5 nitrogen and oxygen atoms in total. The second kappa shape index (κ2) is 7.14. The Morgan fingerprint density at radius 2 is 2.25 bits per heavy atom. The van der Waals surface area contributed by atoms with Crippen LogP contribution in [0.5, 0.6) is 0 Å². The lowest BCUT2D eigenvalue weighted by Crippen LogP contribution is -2.19. The van der Waals surface area contributed by atoms with Gasteiger partial charge in [-0.3, -0.25) is 0 Å². The number of ether oxygens (including phenoxy) is 1. The Bertz CT molecular complexity index is 304. The average molecular weight is 224 g/mol.